The summed E-state index contributed by atoms with van der Waals surface area (Å²) in [6.45, 7) is 1.18. The summed E-state index contributed by atoms with van der Waals surface area (Å²) in [6.07, 6.45) is 3.49. The van der Waals surface area contributed by atoms with E-state index in [-0.39, 0.29) is 18.4 Å². The fraction of sp³-hybridized carbons (Fsp3) is 0.500. The molecule has 0 spiro atoms. The Labute approximate surface area is 154 Å². The van der Waals surface area contributed by atoms with Gasteiger partial charge in [-0.2, -0.15) is 4.98 Å². The van der Waals surface area contributed by atoms with Crippen molar-refractivity contribution >= 4 is 11.7 Å². The molecule has 2 heterocycles. The van der Waals surface area contributed by atoms with Crippen molar-refractivity contribution in [1.29, 1.82) is 0 Å². The number of carbonyl (C=O) groups is 1. The zero-order valence-electron chi connectivity index (χ0n) is 14.7. The summed E-state index contributed by atoms with van der Waals surface area (Å²) >= 11 is 0. The van der Waals surface area contributed by atoms with Gasteiger partial charge in [0, 0.05) is 25.1 Å². The largest absolute Gasteiger partial charge is 0.368 e. The topological polar surface area (TPSA) is 80.5 Å². The third kappa shape index (κ3) is 4.41. The molecule has 7 nitrogen and oxygen atoms in total. The van der Waals surface area contributed by atoms with Gasteiger partial charge in [0.25, 0.3) is 5.89 Å². The number of nitrogens with one attached hydrogen (secondary N) is 1. The molecule has 1 aliphatic carbocycles. The molecule has 1 saturated carbocycles. The van der Waals surface area contributed by atoms with Crippen LogP contribution in [-0.4, -0.2) is 40.3 Å². The average molecular weight is 378 g/mol. The molecule has 0 radical (unpaired) electrons. The van der Waals surface area contributed by atoms with Gasteiger partial charge in [0.1, 0.15) is 18.2 Å². The van der Waals surface area contributed by atoms with E-state index in [0.29, 0.717) is 37.7 Å². The molecule has 2 aliphatic rings. The standard InChI is InChI=1S/C18H20F2N4O3/c19-12-3-4-14(20)15(9-12)21-18(25)24-7-5-13(6-8-24)26-10-16-22-17(23-27-16)11-1-2-11/h3-4,9,11,13H,1-2,5-8,10H2,(H,21,25). The lowest BCUT2D eigenvalue weighted by molar-refractivity contribution is -0.00532. The third-order valence-electron chi connectivity index (χ3n) is 4.77. The predicted molar refractivity (Wildman–Crippen MR) is 91.0 cm³/mol. The van der Waals surface area contributed by atoms with Crippen molar-refractivity contribution in [3.8, 4) is 0 Å². The molecule has 0 atom stereocenters. The van der Waals surface area contributed by atoms with Crippen molar-refractivity contribution in [2.75, 3.05) is 18.4 Å². The Morgan fingerprint density at radius 1 is 1.26 bits per heavy atom. The number of halogens is 2. The highest BCUT2D eigenvalue weighted by Gasteiger charge is 2.29. The number of amides is 2. The van der Waals surface area contributed by atoms with Crippen LogP contribution in [0.2, 0.25) is 0 Å². The molecule has 144 valence electrons. The molecular weight excluding hydrogens is 358 g/mol. The normalized spacial score (nSPS) is 17.9. The van der Waals surface area contributed by atoms with Crippen LogP contribution in [0.3, 0.4) is 0 Å². The number of hydrogen-bond acceptors (Lipinski definition) is 5. The van der Waals surface area contributed by atoms with Crippen molar-refractivity contribution in [2.24, 2.45) is 0 Å². The Kier molecular flexibility index (Phi) is 5.02. The lowest BCUT2D eigenvalue weighted by Gasteiger charge is -2.31. The van der Waals surface area contributed by atoms with Crippen LogP contribution in [0.15, 0.2) is 22.7 Å². The molecule has 2 fully saturated rings. The fourth-order valence-corrected chi connectivity index (χ4v) is 3.04. The quantitative estimate of drug-likeness (QED) is 0.862. The smallest absolute Gasteiger partial charge is 0.321 e. The van der Waals surface area contributed by atoms with Crippen molar-refractivity contribution in [3.63, 3.8) is 0 Å². The number of aromatic nitrogens is 2. The Bertz CT molecular complexity index is 817. The predicted octanol–water partition coefficient (Wildman–Crippen LogP) is 3.44. The molecule has 4 rings (SSSR count). The minimum atomic E-state index is -0.673. The van der Waals surface area contributed by atoms with E-state index in [4.69, 9.17) is 9.26 Å². The summed E-state index contributed by atoms with van der Waals surface area (Å²) in [6, 6.07) is 2.50. The first-order valence-electron chi connectivity index (χ1n) is 9.03. The van der Waals surface area contributed by atoms with Gasteiger partial charge in [0.15, 0.2) is 5.82 Å². The fourth-order valence-electron chi connectivity index (χ4n) is 3.04. The van der Waals surface area contributed by atoms with Crippen molar-refractivity contribution in [3.05, 3.63) is 41.5 Å². The first kappa shape index (κ1) is 17.8. The number of rotatable bonds is 5. The maximum Gasteiger partial charge on any atom is 0.321 e. The Balaban J connectivity index is 1.23. The molecule has 27 heavy (non-hydrogen) atoms. The molecule has 1 aliphatic heterocycles. The molecule has 2 amide bonds. The second-order valence-electron chi connectivity index (χ2n) is 6.87. The van der Waals surface area contributed by atoms with Crippen LogP contribution in [0.25, 0.3) is 0 Å². The van der Waals surface area contributed by atoms with Gasteiger partial charge in [-0.15, -0.1) is 0 Å². The molecular formula is C18H20F2N4O3. The van der Waals surface area contributed by atoms with E-state index in [1.54, 1.807) is 4.90 Å². The summed E-state index contributed by atoms with van der Waals surface area (Å²) in [5, 5.41) is 6.36. The lowest BCUT2D eigenvalue weighted by atomic mass is 10.1. The van der Waals surface area contributed by atoms with Crippen LogP contribution in [0.1, 0.15) is 43.3 Å². The monoisotopic (exact) mass is 378 g/mol. The van der Waals surface area contributed by atoms with E-state index in [1.165, 1.54) is 0 Å². The number of carbonyl (C=O) groups excluding carboxylic acids is 1. The zero-order chi connectivity index (χ0) is 18.8. The van der Waals surface area contributed by atoms with Gasteiger partial charge < -0.3 is 19.5 Å². The van der Waals surface area contributed by atoms with Crippen molar-refractivity contribution in [2.45, 2.75) is 44.3 Å². The maximum absolute atomic E-state index is 13.6. The van der Waals surface area contributed by atoms with E-state index >= 15 is 0 Å². The summed E-state index contributed by atoms with van der Waals surface area (Å²) in [5.41, 5.74) is -0.166. The van der Waals surface area contributed by atoms with Gasteiger partial charge in [-0.25, -0.2) is 13.6 Å². The van der Waals surface area contributed by atoms with Crippen LogP contribution in [0.5, 0.6) is 0 Å². The van der Waals surface area contributed by atoms with E-state index in [1.807, 2.05) is 0 Å². The molecule has 0 bridgehead atoms. The van der Waals surface area contributed by atoms with Crippen LogP contribution >= 0.6 is 0 Å². The SMILES string of the molecule is O=C(Nc1cc(F)ccc1F)N1CCC(OCc2nc(C3CC3)no2)CC1. The summed E-state index contributed by atoms with van der Waals surface area (Å²) in [7, 11) is 0. The highest BCUT2D eigenvalue weighted by atomic mass is 19.1. The van der Waals surface area contributed by atoms with E-state index < -0.39 is 17.7 Å². The number of benzene rings is 1. The number of ether oxygens (including phenoxy) is 1. The van der Waals surface area contributed by atoms with E-state index in [9.17, 15) is 13.6 Å². The van der Waals surface area contributed by atoms with Gasteiger partial charge in [0.2, 0.25) is 0 Å². The number of piperidine rings is 1. The van der Waals surface area contributed by atoms with Crippen LogP contribution in [0, 0.1) is 11.6 Å². The average Bonchev–Trinajstić information content (AvgIpc) is 3.41. The first-order chi connectivity index (χ1) is 13.1. The molecule has 1 aromatic carbocycles. The molecule has 9 heteroatoms. The minimum absolute atomic E-state index is 0.0174. The lowest BCUT2D eigenvalue weighted by Crippen LogP contribution is -2.43. The number of anilines is 1. The Hall–Kier alpha value is -2.55. The molecule has 1 aromatic heterocycles. The molecule has 2 aromatic rings. The highest BCUT2D eigenvalue weighted by molar-refractivity contribution is 5.89. The Morgan fingerprint density at radius 2 is 2.04 bits per heavy atom. The van der Waals surface area contributed by atoms with Crippen molar-refractivity contribution < 1.29 is 22.8 Å². The summed E-state index contributed by atoms with van der Waals surface area (Å²) in [4.78, 5) is 18.1. The second kappa shape index (κ2) is 7.59. The number of likely N-dealkylation sites (tertiary alicyclic amines) is 1. The molecule has 1 N–H and O–H groups in total. The van der Waals surface area contributed by atoms with Crippen LogP contribution in [0.4, 0.5) is 19.3 Å². The Morgan fingerprint density at radius 3 is 2.78 bits per heavy atom. The van der Waals surface area contributed by atoms with Crippen LogP contribution in [-0.2, 0) is 11.3 Å². The number of nitrogens with zero attached hydrogens (tertiary/aromatic N) is 3. The van der Waals surface area contributed by atoms with Gasteiger partial charge in [0.05, 0.1) is 11.8 Å². The minimum Gasteiger partial charge on any atom is -0.368 e. The van der Waals surface area contributed by atoms with Crippen LogP contribution < -0.4 is 5.32 Å². The van der Waals surface area contributed by atoms with Gasteiger partial charge in [-0.3, -0.25) is 0 Å². The summed E-state index contributed by atoms with van der Waals surface area (Å²) < 4.78 is 37.8. The van der Waals surface area contributed by atoms with Gasteiger partial charge in [-0.05, 0) is 37.8 Å². The van der Waals surface area contributed by atoms with E-state index in [2.05, 4.69) is 15.5 Å². The molecule has 1 saturated heterocycles. The summed E-state index contributed by atoms with van der Waals surface area (Å²) in [5.74, 6) is 0.383. The number of hydrogen-bond donors (Lipinski definition) is 1. The van der Waals surface area contributed by atoms with Gasteiger partial charge >= 0.3 is 6.03 Å². The molecule has 0 unspecified atom stereocenters. The third-order valence-corrected chi connectivity index (χ3v) is 4.77. The zero-order valence-corrected chi connectivity index (χ0v) is 14.7. The second-order valence-corrected chi connectivity index (χ2v) is 6.87. The first-order valence-corrected chi connectivity index (χ1v) is 9.03. The van der Waals surface area contributed by atoms with Gasteiger partial charge in [-0.1, -0.05) is 5.16 Å². The van der Waals surface area contributed by atoms with E-state index in [0.717, 1.165) is 36.9 Å². The highest BCUT2D eigenvalue weighted by Crippen LogP contribution is 2.38. The maximum atomic E-state index is 13.6. The number of urea groups is 1. The van der Waals surface area contributed by atoms with Crippen molar-refractivity contribution in [1.82, 2.24) is 15.0 Å².